The number of fused-ring (bicyclic) bond motifs is 6. The highest BCUT2D eigenvalue weighted by Crippen LogP contribution is 2.55. The number of anilines is 6. The average molecular weight is 705 g/mol. The maximum absolute atomic E-state index is 2.42. The number of hydrogen-bond donors (Lipinski definition) is 0. The summed E-state index contributed by atoms with van der Waals surface area (Å²) in [4.78, 5) is 4.80. The summed E-state index contributed by atoms with van der Waals surface area (Å²) in [6.07, 6.45) is 0.978. The van der Waals surface area contributed by atoms with E-state index >= 15 is 0 Å². The van der Waals surface area contributed by atoms with Crippen LogP contribution in [0.3, 0.4) is 0 Å². The van der Waals surface area contributed by atoms with Crippen molar-refractivity contribution in [1.29, 1.82) is 0 Å². The van der Waals surface area contributed by atoms with Crippen LogP contribution in [0.15, 0.2) is 212 Å². The molecule has 0 saturated heterocycles. The van der Waals surface area contributed by atoms with Crippen LogP contribution >= 0.6 is 0 Å². The van der Waals surface area contributed by atoms with Crippen LogP contribution in [0.1, 0.15) is 30.0 Å². The first-order chi connectivity index (χ1) is 27.2. The Morgan fingerprint density at radius 3 is 1.56 bits per heavy atom. The van der Waals surface area contributed by atoms with Crippen LogP contribution in [-0.4, -0.2) is 0 Å². The highest BCUT2D eigenvalue weighted by molar-refractivity contribution is 6.15. The zero-order valence-corrected chi connectivity index (χ0v) is 30.8. The van der Waals surface area contributed by atoms with Gasteiger partial charge in [0.15, 0.2) is 0 Å². The summed E-state index contributed by atoms with van der Waals surface area (Å²) in [7, 11) is 0. The van der Waals surface area contributed by atoms with Crippen LogP contribution in [0.5, 0.6) is 0 Å². The van der Waals surface area contributed by atoms with Crippen LogP contribution in [-0.2, 0) is 5.41 Å². The summed E-state index contributed by atoms with van der Waals surface area (Å²) in [5, 5.41) is 4.84. The highest BCUT2D eigenvalue weighted by Gasteiger charge is 2.43. The molecule has 262 valence electrons. The third kappa shape index (κ3) is 5.33. The van der Waals surface area contributed by atoms with Crippen molar-refractivity contribution in [3.05, 3.63) is 229 Å². The van der Waals surface area contributed by atoms with Crippen molar-refractivity contribution in [2.45, 2.75) is 18.8 Å². The first-order valence-corrected chi connectivity index (χ1v) is 19.3. The molecule has 0 fully saturated rings. The molecule has 0 heterocycles. The van der Waals surface area contributed by atoms with Gasteiger partial charge >= 0.3 is 0 Å². The standard InChI is InChI=1S/C53H40N2/c1-2-53(39-20-7-3-8-21-39)50-30-18-17-29-46(50)49-37-44(32-34-51(49)53)54(40-22-9-4-10-23-40)43-31-33-47-48(36-43)45-28-16-15-19-38(45)35-52(47)55(41-24-11-5-12-25-41)42-26-13-6-14-27-42/h3-37H,2H2,1H3. The van der Waals surface area contributed by atoms with E-state index in [1.54, 1.807) is 0 Å². The average Bonchev–Trinajstić information content (AvgIpc) is 3.55. The summed E-state index contributed by atoms with van der Waals surface area (Å²) >= 11 is 0. The van der Waals surface area contributed by atoms with Gasteiger partial charge in [-0.05, 0) is 117 Å². The van der Waals surface area contributed by atoms with Crippen LogP contribution in [0.25, 0.3) is 32.7 Å². The molecule has 0 aliphatic heterocycles. The van der Waals surface area contributed by atoms with E-state index in [1.807, 2.05) is 0 Å². The highest BCUT2D eigenvalue weighted by atomic mass is 15.2. The predicted molar refractivity (Wildman–Crippen MR) is 233 cm³/mol. The van der Waals surface area contributed by atoms with Crippen LogP contribution in [0.4, 0.5) is 34.1 Å². The summed E-state index contributed by atoms with van der Waals surface area (Å²) in [6.45, 7) is 2.33. The second-order valence-electron chi connectivity index (χ2n) is 14.4. The van der Waals surface area contributed by atoms with Crippen molar-refractivity contribution >= 4 is 55.7 Å². The van der Waals surface area contributed by atoms with Gasteiger partial charge in [0.2, 0.25) is 0 Å². The topological polar surface area (TPSA) is 6.48 Å². The number of rotatable bonds is 8. The number of benzene rings is 9. The molecule has 0 saturated carbocycles. The Labute approximate surface area is 323 Å². The molecular formula is C53H40N2. The van der Waals surface area contributed by atoms with Crippen LogP contribution in [0, 0.1) is 0 Å². The van der Waals surface area contributed by atoms with E-state index < -0.39 is 0 Å². The molecule has 1 atom stereocenters. The van der Waals surface area contributed by atoms with E-state index in [-0.39, 0.29) is 5.41 Å². The first-order valence-electron chi connectivity index (χ1n) is 19.3. The lowest BCUT2D eigenvalue weighted by atomic mass is 9.70. The number of nitrogens with zero attached hydrogens (tertiary/aromatic N) is 2. The molecule has 1 aliphatic carbocycles. The third-order valence-corrected chi connectivity index (χ3v) is 11.6. The Kier molecular flexibility index (Phi) is 8.03. The lowest BCUT2D eigenvalue weighted by Gasteiger charge is -2.32. The maximum Gasteiger partial charge on any atom is 0.0546 e. The predicted octanol–water partition coefficient (Wildman–Crippen LogP) is 14.7. The summed E-state index contributed by atoms with van der Waals surface area (Å²) < 4.78 is 0. The lowest BCUT2D eigenvalue weighted by molar-refractivity contribution is 0.609. The maximum atomic E-state index is 2.42. The van der Waals surface area contributed by atoms with Crippen LogP contribution < -0.4 is 9.80 Å². The molecule has 9 aromatic carbocycles. The van der Waals surface area contributed by atoms with E-state index in [9.17, 15) is 0 Å². The summed E-state index contributed by atoms with van der Waals surface area (Å²) in [6, 6.07) is 77.5. The molecular weight excluding hydrogens is 665 g/mol. The van der Waals surface area contributed by atoms with Gasteiger partial charge in [0.05, 0.1) is 5.69 Å². The van der Waals surface area contributed by atoms with E-state index in [2.05, 4.69) is 229 Å². The second-order valence-corrected chi connectivity index (χ2v) is 14.4. The van der Waals surface area contributed by atoms with E-state index in [0.29, 0.717) is 0 Å². The number of hydrogen-bond acceptors (Lipinski definition) is 2. The zero-order valence-electron chi connectivity index (χ0n) is 30.8. The monoisotopic (exact) mass is 704 g/mol. The van der Waals surface area contributed by atoms with Gasteiger partial charge in [0, 0.05) is 39.2 Å². The van der Waals surface area contributed by atoms with Gasteiger partial charge < -0.3 is 9.80 Å². The molecule has 10 rings (SSSR count). The summed E-state index contributed by atoms with van der Waals surface area (Å²) in [5.41, 5.74) is 13.3. The SMILES string of the molecule is CCC1(c2ccccc2)c2ccccc2-c2cc(N(c3ccccc3)c3ccc4c(N(c5ccccc5)c5ccccc5)cc5ccccc5c4c3)ccc21. The third-order valence-electron chi connectivity index (χ3n) is 11.6. The van der Waals surface area contributed by atoms with Gasteiger partial charge in [0.1, 0.15) is 0 Å². The molecule has 0 N–H and O–H groups in total. The fourth-order valence-electron chi connectivity index (χ4n) is 9.12. The molecule has 2 nitrogen and oxygen atoms in total. The smallest absolute Gasteiger partial charge is 0.0546 e. The van der Waals surface area contributed by atoms with Gasteiger partial charge in [0.25, 0.3) is 0 Å². The molecule has 0 amide bonds. The molecule has 2 heteroatoms. The summed E-state index contributed by atoms with van der Waals surface area (Å²) in [5.74, 6) is 0. The fraction of sp³-hybridized carbons (Fsp3) is 0.0566. The van der Waals surface area contributed by atoms with E-state index in [4.69, 9.17) is 0 Å². The normalized spacial score (nSPS) is 14.4. The van der Waals surface area contributed by atoms with E-state index in [1.165, 1.54) is 49.4 Å². The van der Waals surface area contributed by atoms with Gasteiger partial charge in [-0.15, -0.1) is 0 Å². The molecule has 1 aliphatic rings. The largest absolute Gasteiger partial charge is 0.310 e. The molecule has 1 unspecified atom stereocenters. The molecule has 55 heavy (non-hydrogen) atoms. The molecule has 0 aromatic heterocycles. The second kappa shape index (κ2) is 13.5. The van der Waals surface area contributed by atoms with Crippen molar-refractivity contribution < 1.29 is 0 Å². The van der Waals surface area contributed by atoms with Crippen molar-refractivity contribution in [3.63, 3.8) is 0 Å². The Morgan fingerprint density at radius 1 is 0.364 bits per heavy atom. The molecule has 0 spiro atoms. The van der Waals surface area contributed by atoms with E-state index in [0.717, 1.165) is 40.5 Å². The Balaban J connectivity index is 1.20. The van der Waals surface area contributed by atoms with Crippen molar-refractivity contribution in [2.75, 3.05) is 9.80 Å². The van der Waals surface area contributed by atoms with Crippen molar-refractivity contribution in [1.82, 2.24) is 0 Å². The molecule has 9 aromatic rings. The van der Waals surface area contributed by atoms with Gasteiger partial charge in [-0.1, -0.05) is 153 Å². The van der Waals surface area contributed by atoms with Crippen molar-refractivity contribution in [2.24, 2.45) is 0 Å². The van der Waals surface area contributed by atoms with Gasteiger partial charge in [-0.2, -0.15) is 0 Å². The molecule has 0 radical (unpaired) electrons. The number of para-hydroxylation sites is 3. The Morgan fingerprint density at radius 2 is 0.891 bits per heavy atom. The minimum atomic E-state index is -0.203. The fourth-order valence-corrected chi connectivity index (χ4v) is 9.12. The van der Waals surface area contributed by atoms with Crippen LogP contribution in [0.2, 0.25) is 0 Å². The quantitative estimate of drug-likeness (QED) is 0.145. The minimum Gasteiger partial charge on any atom is -0.310 e. The van der Waals surface area contributed by atoms with Crippen molar-refractivity contribution in [3.8, 4) is 11.1 Å². The zero-order chi connectivity index (χ0) is 36.8. The lowest BCUT2D eigenvalue weighted by Crippen LogP contribution is -2.25. The van der Waals surface area contributed by atoms with Gasteiger partial charge in [-0.25, -0.2) is 0 Å². The van der Waals surface area contributed by atoms with Gasteiger partial charge in [-0.3, -0.25) is 0 Å². The first kappa shape index (κ1) is 32.7. The minimum absolute atomic E-state index is 0.203. The Bertz CT molecular complexity index is 2760. The molecule has 0 bridgehead atoms. The Hall–Kier alpha value is -6.90.